The molecule has 4 amide bonds. The summed E-state index contributed by atoms with van der Waals surface area (Å²) >= 11 is 0. The molecule has 38 heavy (non-hydrogen) atoms. The fourth-order valence-electron chi connectivity index (χ4n) is 6.81. The molecule has 14 nitrogen and oxygen atoms in total. The number of hydrogen-bond donors (Lipinski definition) is 2. The van der Waals surface area contributed by atoms with Gasteiger partial charge in [0.15, 0.2) is 13.5 Å². The van der Waals surface area contributed by atoms with Gasteiger partial charge in [-0.3, -0.25) is 38.4 Å². The molecule has 2 saturated carbocycles. The number of hydrogen-bond acceptors (Lipinski definition) is 10. The summed E-state index contributed by atoms with van der Waals surface area (Å²) in [7, 11) is 0. The van der Waals surface area contributed by atoms with Crippen LogP contribution in [0.25, 0.3) is 0 Å². The number of carboxylic acids is 2. The first-order chi connectivity index (χ1) is 18.0. The molecule has 0 radical (unpaired) electrons. The monoisotopic (exact) mass is 532 g/mol. The Balaban J connectivity index is 1.26. The van der Waals surface area contributed by atoms with Gasteiger partial charge in [0.25, 0.3) is 0 Å². The lowest BCUT2D eigenvalue weighted by Crippen LogP contribution is -2.63. The zero-order chi connectivity index (χ0) is 27.5. The van der Waals surface area contributed by atoms with Crippen molar-refractivity contribution in [1.82, 2.24) is 9.80 Å². The maximum Gasteiger partial charge on any atom is 0.308 e. The number of rotatable bonds is 10. The number of imide groups is 2. The summed E-state index contributed by atoms with van der Waals surface area (Å²) in [6.07, 6.45) is 1.87. The van der Waals surface area contributed by atoms with E-state index < -0.39 is 122 Å². The lowest BCUT2D eigenvalue weighted by molar-refractivity contribution is -0.166. The van der Waals surface area contributed by atoms with Gasteiger partial charge in [0.2, 0.25) is 23.6 Å². The van der Waals surface area contributed by atoms with E-state index in [0.29, 0.717) is 0 Å². The van der Waals surface area contributed by atoms with Crippen LogP contribution in [0.1, 0.15) is 25.7 Å². The van der Waals surface area contributed by atoms with Crippen molar-refractivity contribution in [3.63, 3.8) is 0 Å². The van der Waals surface area contributed by atoms with Gasteiger partial charge in [-0.05, 0) is 23.7 Å². The number of fused-ring (bicyclic) bond motifs is 1. The highest BCUT2D eigenvalue weighted by Gasteiger charge is 2.75. The van der Waals surface area contributed by atoms with Crippen molar-refractivity contribution in [2.45, 2.75) is 25.7 Å². The van der Waals surface area contributed by atoms with Crippen molar-refractivity contribution in [2.75, 3.05) is 13.5 Å². The van der Waals surface area contributed by atoms with Gasteiger partial charge in [0.1, 0.15) is 0 Å². The number of ether oxygens (including phenoxy) is 2. The predicted octanol–water partition coefficient (Wildman–Crippen LogP) is -1.02. The Labute approximate surface area is 214 Å². The first-order valence-electron chi connectivity index (χ1n) is 12.2. The largest absolute Gasteiger partial charge is 0.481 e. The third-order valence-corrected chi connectivity index (χ3v) is 8.32. The van der Waals surface area contributed by atoms with Crippen LogP contribution in [-0.4, -0.2) is 81.0 Å². The minimum absolute atomic E-state index is 0.366. The Hall–Kier alpha value is -4.10. The van der Waals surface area contributed by atoms with E-state index in [0.717, 1.165) is 9.80 Å². The second kappa shape index (κ2) is 9.33. The third-order valence-electron chi connectivity index (χ3n) is 8.32. The van der Waals surface area contributed by atoms with Crippen LogP contribution in [0, 0.1) is 47.3 Å². The van der Waals surface area contributed by atoms with E-state index in [2.05, 4.69) is 0 Å². The number of amides is 4. The normalized spacial score (nSPS) is 34.0. The van der Waals surface area contributed by atoms with Crippen LogP contribution in [0.4, 0.5) is 0 Å². The quantitative estimate of drug-likeness (QED) is 0.197. The molecule has 0 aromatic carbocycles. The van der Waals surface area contributed by atoms with Crippen LogP contribution >= 0.6 is 0 Å². The van der Waals surface area contributed by atoms with E-state index in [1.807, 2.05) is 0 Å². The molecule has 6 aliphatic rings. The van der Waals surface area contributed by atoms with Gasteiger partial charge < -0.3 is 19.7 Å². The Kier molecular flexibility index (Phi) is 6.27. The Morgan fingerprint density at radius 2 is 0.947 bits per heavy atom. The van der Waals surface area contributed by atoms with Gasteiger partial charge in [0.05, 0.1) is 49.4 Å². The summed E-state index contributed by atoms with van der Waals surface area (Å²) in [5, 5.41) is 17.3. The molecule has 0 unspecified atom stereocenters. The molecule has 4 aliphatic carbocycles. The molecule has 4 fully saturated rings. The Morgan fingerprint density at radius 1 is 0.605 bits per heavy atom. The summed E-state index contributed by atoms with van der Waals surface area (Å²) in [6, 6.07) is 0. The first-order valence-corrected chi connectivity index (χ1v) is 12.2. The highest BCUT2D eigenvalue weighted by atomic mass is 16.6. The predicted molar refractivity (Wildman–Crippen MR) is 116 cm³/mol. The lowest BCUT2D eigenvalue weighted by Gasteiger charge is -2.60. The number of esters is 2. The van der Waals surface area contributed by atoms with Crippen LogP contribution in [0.15, 0.2) is 12.2 Å². The number of carboxylic acid groups (broad SMARTS) is 2. The molecule has 2 saturated heterocycles. The smallest absolute Gasteiger partial charge is 0.308 e. The second-order valence-electron chi connectivity index (χ2n) is 10.1. The third kappa shape index (κ3) is 3.85. The van der Waals surface area contributed by atoms with E-state index in [1.165, 1.54) is 0 Å². The van der Waals surface area contributed by atoms with E-state index in [4.69, 9.17) is 19.7 Å². The van der Waals surface area contributed by atoms with Gasteiger partial charge in [0, 0.05) is 0 Å². The van der Waals surface area contributed by atoms with Crippen molar-refractivity contribution in [3.8, 4) is 0 Å². The molecule has 14 heteroatoms. The molecule has 0 spiro atoms. The average molecular weight is 532 g/mol. The van der Waals surface area contributed by atoms with Gasteiger partial charge in [-0.25, -0.2) is 9.80 Å². The zero-order valence-corrected chi connectivity index (χ0v) is 19.9. The number of carbonyl (C=O) groups excluding carboxylic acids is 6. The fourth-order valence-corrected chi connectivity index (χ4v) is 6.81. The van der Waals surface area contributed by atoms with Gasteiger partial charge >= 0.3 is 23.9 Å². The summed E-state index contributed by atoms with van der Waals surface area (Å²) in [4.78, 5) is 99.1. The van der Waals surface area contributed by atoms with Crippen LogP contribution in [0.3, 0.4) is 0 Å². The average Bonchev–Trinajstić information content (AvgIpc) is 3.22. The van der Waals surface area contributed by atoms with Crippen LogP contribution < -0.4 is 0 Å². The van der Waals surface area contributed by atoms with Crippen molar-refractivity contribution >= 4 is 47.5 Å². The van der Waals surface area contributed by atoms with Crippen molar-refractivity contribution < 1.29 is 58.0 Å². The number of nitrogens with zero attached hydrogens (tertiary/aromatic N) is 2. The molecule has 2 N–H and O–H groups in total. The molecule has 0 aromatic heterocycles. The summed E-state index contributed by atoms with van der Waals surface area (Å²) in [5.41, 5.74) is 0. The maximum absolute atomic E-state index is 13.2. The number of carbonyl (C=O) groups is 8. The topological polar surface area (TPSA) is 202 Å². The first kappa shape index (κ1) is 25.5. The molecular weight excluding hydrogens is 508 g/mol. The molecule has 202 valence electrons. The zero-order valence-electron chi connectivity index (χ0n) is 19.9. The van der Waals surface area contributed by atoms with Crippen molar-refractivity contribution in [1.29, 1.82) is 0 Å². The van der Waals surface area contributed by atoms with E-state index in [-0.39, 0.29) is 11.8 Å². The van der Waals surface area contributed by atoms with Gasteiger partial charge in [-0.1, -0.05) is 12.2 Å². The standard InChI is InChI=1S/C24H24N2O12/c27-11(28)3-5-13(31)37-7-25-21(33)17-9-1-2-10(18(17)22(25)34)16-15(9)19-20(16)24(36)26(23(19)35)8-38-14(32)6-4-12(29)30/h1-2,9-10,15-20H,3-8H2,(H,27,28)(H,29,30)/t9-,10-,15-,16-,17-,18-,19-,20-/m1/s1. The van der Waals surface area contributed by atoms with E-state index in [9.17, 15) is 38.4 Å². The summed E-state index contributed by atoms with van der Waals surface area (Å²) in [6.45, 7) is -1.26. The highest BCUT2D eigenvalue weighted by Crippen LogP contribution is 2.68. The van der Waals surface area contributed by atoms with Crippen molar-refractivity contribution in [2.24, 2.45) is 47.3 Å². The number of allylic oxidation sites excluding steroid dienone is 2. The molecule has 6 rings (SSSR count). The molecular formula is C24H24N2O12. The summed E-state index contributed by atoms with van der Waals surface area (Å²) in [5.74, 6) is -11.0. The fraction of sp³-hybridized carbons (Fsp3) is 0.583. The molecule has 2 heterocycles. The van der Waals surface area contributed by atoms with Crippen molar-refractivity contribution in [3.05, 3.63) is 12.2 Å². The number of likely N-dealkylation sites (tertiary alicyclic amines) is 2. The van der Waals surface area contributed by atoms with Gasteiger partial charge in [-0.15, -0.1) is 0 Å². The SMILES string of the molecule is O=C(O)CCC(=O)OCN1C(=O)[C@@H]2[C@@H]3C=C[C@@H]([C@H]2C1=O)[C@H]1[C@H]2C(=O)N(COC(=O)CCC(=O)O)C(=O)[C@@H]2[C@H]31. The molecule has 2 bridgehead atoms. The minimum atomic E-state index is -1.19. The summed E-state index contributed by atoms with van der Waals surface area (Å²) < 4.78 is 9.90. The molecule has 2 aliphatic heterocycles. The van der Waals surface area contributed by atoms with Crippen LogP contribution in [-0.2, 0) is 47.8 Å². The van der Waals surface area contributed by atoms with Gasteiger partial charge in [-0.2, -0.15) is 0 Å². The molecule has 0 aromatic rings. The second-order valence-corrected chi connectivity index (χ2v) is 10.1. The Morgan fingerprint density at radius 3 is 1.29 bits per heavy atom. The highest BCUT2D eigenvalue weighted by molar-refractivity contribution is 6.09. The van der Waals surface area contributed by atoms with Crippen LogP contribution in [0.5, 0.6) is 0 Å². The maximum atomic E-state index is 13.2. The van der Waals surface area contributed by atoms with E-state index >= 15 is 0 Å². The number of aliphatic carboxylic acids is 2. The minimum Gasteiger partial charge on any atom is -0.481 e. The van der Waals surface area contributed by atoms with Crippen LogP contribution in [0.2, 0.25) is 0 Å². The van der Waals surface area contributed by atoms with E-state index in [1.54, 1.807) is 12.2 Å². The molecule has 8 atom stereocenters. The lowest BCUT2D eigenvalue weighted by atomic mass is 9.40. The Bertz CT molecular complexity index is 1140.